The summed E-state index contributed by atoms with van der Waals surface area (Å²) in [5.41, 5.74) is 1.70. The Morgan fingerprint density at radius 1 is 1.42 bits per heavy atom. The Balaban J connectivity index is 2.47. The minimum atomic E-state index is -0.0505. The lowest BCUT2D eigenvalue weighted by atomic mass is 10.3. The largest absolute Gasteiger partial charge is 0.489 e. The van der Waals surface area contributed by atoms with Gasteiger partial charge in [-0.2, -0.15) is 0 Å². The fraction of sp³-hybridized carbons (Fsp3) is 0.400. The number of ether oxygens (including phenoxy) is 1. The minimum Gasteiger partial charge on any atom is -0.489 e. The average molecular weight is 262 g/mol. The third-order valence-corrected chi connectivity index (χ3v) is 2.32. The van der Waals surface area contributed by atoms with Gasteiger partial charge in [-0.05, 0) is 37.6 Å². The van der Waals surface area contributed by atoms with Crippen molar-refractivity contribution in [1.82, 2.24) is 5.32 Å². The van der Waals surface area contributed by atoms with E-state index in [1.807, 2.05) is 25.1 Å². The standard InChI is InChI=1S/C15H22N2O2/c1-4-8-16-10-15(18)17-13-6-5-7-14(9-13)19-11-12(2)3/h5-7,9,16H,2,4,8,10-11H2,1,3H3,(H,17,18). The molecule has 0 heterocycles. The number of benzene rings is 1. The van der Waals surface area contributed by atoms with E-state index < -0.39 is 0 Å². The van der Waals surface area contributed by atoms with Crippen molar-refractivity contribution in [2.75, 3.05) is 25.0 Å². The van der Waals surface area contributed by atoms with Crippen LogP contribution in [0.2, 0.25) is 0 Å². The summed E-state index contributed by atoms with van der Waals surface area (Å²) in [5.74, 6) is 0.674. The van der Waals surface area contributed by atoms with Gasteiger partial charge in [0.15, 0.2) is 0 Å². The Kier molecular flexibility index (Phi) is 6.68. The van der Waals surface area contributed by atoms with Gasteiger partial charge < -0.3 is 15.4 Å². The number of rotatable bonds is 8. The molecule has 1 rings (SSSR count). The van der Waals surface area contributed by atoms with Crippen LogP contribution < -0.4 is 15.4 Å². The van der Waals surface area contributed by atoms with Crippen molar-refractivity contribution in [3.05, 3.63) is 36.4 Å². The van der Waals surface area contributed by atoms with Crippen LogP contribution in [0.15, 0.2) is 36.4 Å². The van der Waals surface area contributed by atoms with Crippen LogP contribution in [-0.2, 0) is 4.79 Å². The summed E-state index contributed by atoms with van der Waals surface area (Å²) in [7, 11) is 0. The van der Waals surface area contributed by atoms with Crippen molar-refractivity contribution in [2.45, 2.75) is 20.3 Å². The van der Waals surface area contributed by atoms with E-state index in [1.54, 1.807) is 6.07 Å². The van der Waals surface area contributed by atoms with Crippen molar-refractivity contribution in [3.8, 4) is 5.75 Å². The van der Waals surface area contributed by atoms with Gasteiger partial charge in [0.05, 0.1) is 6.54 Å². The van der Waals surface area contributed by atoms with Crippen LogP contribution in [-0.4, -0.2) is 25.6 Å². The second-order valence-corrected chi connectivity index (χ2v) is 4.50. The van der Waals surface area contributed by atoms with Crippen LogP contribution in [0.3, 0.4) is 0 Å². The predicted molar refractivity (Wildman–Crippen MR) is 78.5 cm³/mol. The van der Waals surface area contributed by atoms with Crippen LogP contribution in [0, 0.1) is 0 Å². The van der Waals surface area contributed by atoms with Crippen molar-refractivity contribution in [3.63, 3.8) is 0 Å². The highest BCUT2D eigenvalue weighted by atomic mass is 16.5. The molecule has 0 unspecified atom stereocenters. The molecule has 0 aliphatic rings. The zero-order valence-corrected chi connectivity index (χ0v) is 11.7. The first-order valence-corrected chi connectivity index (χ1v) is 6.49. The van der Waals surface area contributed by atoms with Crippen molar-refractivity contribution in [2.24, 2.45) is 0 Å². The van der Waals surface area contributed by atoms with Crippen molar-refractivity contribution >= 4 is 11.6 Å². The molecule has 1 amide bonds. The van der Waals surface area contributed by atoms with E-state index in [0.717, 1.165) is 30.0 Å². The third-order valence-electron chi connectivity index (χ3n) is 2.32. The fourth-order valence-electron chi connectivity index (χ4n) is 1.45. The second kappa shape index (κ2) is 8.32. The number of hydrogen-bond acceptors (Lipinski definition) is 3. The predicted octanol–water partition coefficient (Wildman–Crippen LogP) is 2.58. The topological polar surface area (TPSA) is 50.4 Å². The third kappa shape index (κ3) is 6.62. The molecule has 0 aromatic heterocycles. The Hall–Kier alpha value is -1.81. The van der Waals surface area contributed by atoms with Gasteiger partial charge in [-0.3, -0.25) is 4.79 Å². The molecule has 0 radical (unpaired) electrons. The average Bonchev–Trinajstić information content (AvgIpc) is 2.37. The number of amides is 1. The molecule has 0 saturated heterocycles. The van der Waals surface area contributed by atoms with E-state index >= 15 is 0 Å². The highest BCUT2D eigenvalue weighted by Gasteiger charge is 2.02. The van der Waals surface area contributed by atoms with E-state index in [0.29, 0.717) is 13.2 Å². The first-order chi connectivity index (χ1) is 9.11. The van der Waals surface area contributed by atoms with E-state index in [1.165, 1.54) is 0 Å². The highest BCUT2D eigenvalue weighted by Crippen LogP contribution is 2.17. The number of anilines is 1. The van der Waals surface area contributed by atoms with E-state index in [-0.39, 0.29) is 5.91 Å². The molecule has 4 heteroatoms. The molecule has 0 aliphatic carbocycles. The summed E-state index contributed by atoms with van der Waals surface area (Å²) in [6.45, 7) is 9.40. The highest BCUT2D eigenvalue weighted by molar-refractivity contribution is 5.92. The maximum Gasteiger partial charge on any atom is 0.238 e. The number of carbonyl (C=O) groups excluding carboxylic acids is 1. The number of carbonyl (C=O) groups is 1. The summed E-state index contributed by atoms with van der Waals surface area (Å²) in [6, 6.07) is 7.35. The maximum absolute atomic E-state index is 11.6. The van der Waals surface area contributed by atoms with Crippen molar-refractivity contribution in [1.29, 1.82) is 0 Å². The monoisotopic (exact) mass is 262 g/mol. The molecule has 0 saturated carbocycles. The Bertz CT molecular complexity index is 430. The molecule has 2 N–H and O–H groups in total. The van der Waals surface area contributed by atoms with E-state index in [9.17, 15) is 4.79 Å². The van der Waals surface area contributed by atoms with E-state index in [2.05, 4.69) is 24.1 Å². The summed E-state index contributed by atoms with van der Waals surface area (Å²) in [4.78, 5) is 11.6. The smallest absolute Gasteiger partial charge is 0.238 e. The maximum atomic E-state index is 11.6. The molecule has 1 aromatic carbocycles. The van der Waals surface area contributed by atoms with Crippen LogP contribution in [0.4, 0.5) is 5.69 Å². The van der Waals surface area contributed by atoms with Gasteiger partial charge in [0.1, 0.15) is 12.4 Å². The Morgan fingerprint density at radius 3 is 2.89 bits per heavy atom. The second-order valence-electron chi connectivity index (χ2n) is 4.50. The first kappa shape index (κ1) is 15.2. The SMILES string of the molecule is C=C(C)COc1cccc(NC(=O)CNCCC)c1. The minimum absolute atomic E-state index is 0.0505. The number of hydrogen-bond donors (Lipinski definition) is 2. The van der Waals surface area contributed by atoms with Gasteiger partial charge in [-0.25, -0.2) is 0 Å². The fourth-order valence-corrected chi connectivity index (χ4v) is 1.45. The van der Waals surface area contributed by atoms with Gasteiger partial charge in [-0.1, -0.05) is 19.6 Å². The number of nitrogens with one attached hydrogen (secondary N) is 2. The molecule has 0 fully saturated rings. The van der Waals surface area contributed by atoms with Gasteiger partial charge in [-0.15, -0.1) is 0 Å². The molecule has 0 bridgehead atoms. The van der Waals surface area contributed by atoms with Crippen LogP contribution >= 0.6 is 0 Å². The molecule has 0 aliphatic heterocycles. The van der Waals surface area contributed by atoms with Crippen LogP contribution in [0.5, 0.6) is 5.75 Å². The van der Waals surface area contributed by atoms with Gasteiger partial charge in [0, 0.05) is 11.8 Å². The Morgan fingerprint density at radius 2 is 2.21 bits per heavy atom. The van der Waals surface area contributed by atoms with Crippen molar-refractivity contribution < 1.29 is 9.53 Å². The quantitative estimate of drug-likeness (QED) is 0.559. The lowest BCUT2D eigenvalue weighted by molar-refractivity contribution is -0.115. The zero-order chi connectivity index (χ0) is 14.1. The first-order valence-electron chi connectivity index (χ1n) is 6.49. The van der Waals surface area contributed by atoms with Gasteiger partial charge in [0.25, 0.3) is 0 Å². The molecule has 4 nitrogen and oxygen atoms in total. The lowest BCUT2D eigenvalue weighted by Crippen LogP contribution is -2.28. The zero-order valence-electron chi connectivity index (χ0n) is 11.7. The van der Waals surface area contributed by atoms with Crippen LogP contribution in [0.1, 0.15) is 20.3 Å². The summed E-state index contributed by atoms with van der Waals surface area (Å²) >= 11 is 0. The Labute approximate surface area is 114 Å². The van der Waals surface area contributed by atoms with Gasteiger partial charge in [0.2, 0.25) is 5.91 Å². The summed E-state index contributed by atoms with van der Waals surface area (Å²) in [5, 5.41) is 5.88. The normalized spacial score (nSPS) is 10.0. The molecule has 19 heavy (non-hydrogen) atoms. The van der Waals surface area contributed by atoms with Gasteiger partial charge >= 0.3 is 0 Å². The molecule has 104 valence electrons. The summed E-state index contributed by atoms with van der Waals surface area (Å²) in [6.07, 6.45) is 1.01. The molecule has 0 atom stereocenters. The molecular formula is C15H22N2O2. The summed E-state index contributed by atoms with van der Waals surface area (Å²) < 4.78 is 5.52. The molecule has 0 spiro atoms. The van der Waals surface area contributed by atoms with Crippen LogP contribution in [0.25, 0.3) is 0 Å². The lowest BCUT2D eigenvalue weighted by Gasteiger charge is -2.09. The molecular weight excluding hydrogens is 240 g/mol. The van der Waals surface area contributed by atoms with E-state index in [4.69, 9.17) is 4.74 Å². The molecule has 1 aromatic rings.